The van der Waals surface area contributed by atoms with Gasteiger partial charge in [0.2, 0.25) is 0 Å². The van der Waals surface area contributed by atoms with Gasteiger partial charge in [-0.2, -0.15) is 0 Å². The fourth-order valence-corrected chi connectivity index (χ4v) is 3.66. The minimum absolute atomic E-state index is 0. The largest absolute Gasteiger partial charge is 0.458 e. The maximum absolute atomic E-state index is 12.3. The van der Waals surface area contributed by atoms with E-state index in [0.717, 1.165) is 51.4 Å². The van der Waals surface area contributed by atoms with E-state index in [-0.39, 0.29) is 40.8 Å². The summed E-state index contributed by atoms with van der Waals surface area (Å²) in [6, 6.07) is 0. The Balaban J connectivity index is 0.00000242. The fourth-order valence-electron chi connectivity index (χ4n) is 3.66. The summed E-state index contributed by atoms with van der Waals surface area (Å²) in [6.07, 6.45) is 16.3. The molecule has 131 valence electrons. The minimum Gasteiger partial charge on any atom is -0.458 e. The van der Waals surface area contributed by atoms with Gasteiger partial charge in [-0.3, -0.25) is 5.41 Å². The number of esters is 1. The minimum atomic E-state index is -0.328. The Morgan fingerprint density at radius 2 is 1.14 bits per heavy atom. The fraction of sp³-hybridized carbons (Fsp3) is 0.889. The summed E-state index contributed by atoms with van der Waals surface area (Å²) in [5, 5.41) is 8.20. The van der Waals surface area contributed by atoms with E-state index in [1.807, 2.05) is 0 Å². The average molecular weight is 357 g/mol. The molecule has 0 bridgehead atoms. The zero-order chi connectivity index (χ0) is 14.9. The van der Waals surface area contributed by atoms with E-state index < -0.39 is 0 Å². The van der Waals surface area contributed by atoms with Gasteiger partial charge in [-0.1, -0.05) is 51.4 Å². The summed E-state index contributed by atoms with van der Waals surface area (Å²) in [7, 11) is 0. The number of ether oxygens (including phenoxy) is 1. The third kappa shape index (κ3) is 6.83. The molecular weight excluding hydrogens is 326 g/mol. The van der Waals surface area contributed by atoms with E-state index in [2.05, 4.69) is 0 Å². The Bertz CT molecular complexity index is 330. The van der Waals surface area contributed by atoms with Crippen LogP contribution < -0.4 is 0 Å². The molecule has 0 atom stereocenters. The van der Waals surface area contributed by atoms with Gasteiger partial charge in [-0.05, 0) is 38.5 Å². The number of nitrogens with one attached hydrogen (secondary N) is 1. The van der Waals surface area contributed by atoms with Crippen LogP contribution in [0.25, 0.3) is 0 Å². The summed E-state index contributed by atoms with van der Waals surface area (Å²) in [5.41, 5.74) is 0.249. The quantitative estimate of drug-likeness (QED) is 0.438. The predicted octanol–water partition coefficient (Wildman–Crippen LogP) is 5.02. The Labute approximate surface area is 145 Å². The van der Waals surface area contributed by atoms with Crippen molar-refractivity contribution in [2.24, 2.45) is 5.92 Å². The standard InChI is InChI=1S/C18H31NO2.Cu/c19-17(15-11-7-3-1-4-8-12-15)18(20)21-16-13-9-5-2-6-10-14-16;/h15-16,19H,1-14H2;. The second-order valence-corrected chi connectivity index (χ2v) is 6.83. The smallest absolute Gasteiger partial charge is 0.352 e. The maximum Gasteiger partial charge on any atom is 0.352 e. The first-order valence-corrected chi connectivity index (χ1v) is 9.07. The van der Waals surface area contributed by atoms with Crippen LogP contribution in [-0.2, 0) is 26.6 Å². The van der Waals surface area contributed by atoms with Crippen LogP contribution in [-0.4, -0.2) is 17.8 Å². The molecule has 2 aliphatic rings. The molecule has 0 amide bonds. The molecule has 0 aromatic rings. The predicted molar refractivity (Wildman–Crippen MR) is 85.7 cm³/mol. The molecule has 2 saturated carbocycles. The van der Waals surface area contributed by atoms with Gasteiger partial charge in [0, 0.05) is 23.0 Å². The summed E-state index contributed by atoms with van der Waals surface area (Å²) in [6.45, 7) is 0. The van der Waals surface area contributed by atoms with Crippen molar-refractivity contribution in [3.8, 4) is 0 Å². The van der Waals surface area contributed by atoms with E-state index in [4.69, 9.17) is 10.1 Å². The number of hydrogen-bond acceptors (Lipinski definition) is 3. The van der Waals surface area contributed by atoms with Crippen LogP contribution in [0.2, 0.25) is 0 Å². The first kappa shape index (κ1) is 19.7. The normalized spacial score (nSPS) is 22.4. The number of rotatable bonds is 3. The third-order valence-electron chi connectivity index (χ3n) is 5.06. The van der Waals surface area contributed by atoms with Crippen molar-refractivity contribution in [3.05, 3.63) is 0 Å². The molecule has 0 aromatic carbocycles. The van der Waals surface area contributed by atoms with Crippen LogP contribution in [0.4, 0.5) is 0 Å². The second kappa shape index (κ2) is 11.2. The molecule has 0 aliphatic heterocycles. The van der Waals surface area contributed by atoms with E-state index >= 15 is 0 Å². The van der Waals surface area contributed by atoms with Crippen molar-refractivity contribution < 1.29 is 26.6 Å². The Hall–Kier alpha value is -0.341. The van der Waals surface area contributed by atoms with Crippen LogP contribution in [0.5, 0.6) is 0 Å². The molecule has 0 spiro atoms. The Morgan fingerprint density at radius 1 is 0.727 bits per heavy atom. The van der Waals surface area contributed by atoms with Crippen molar-refractivity contribution in [2.75, 3.05) is 0 Å². The summed E-state index contributed by atoms with van der Waals surface area (Å²) >= 11 is 0. The van der Waals surface area contributed by atoms with E-state index in [0.29, 0.717) is 0 Å². The van der Waals surface area contributed by atoms with Crippen molar-refractivity contribution >= 4 is 11.7 Å². The van der Waals surface area contributed by atoms with Gasteiger partial charge < -0.3 is 4.74 Å². The molecule has 22 heavy (non-hydrogen) atoms. The molecule has 4 heteroatoms. The SMILES string of the molecule is N=C(C(=O)OC1CCCCCCC1)C1CCCCCCC1.[Cu]. The summed E-state index contributed by atoms with van der Waals surface area (Å²) in [5.74, 6) is -0.183. The zero-order valence-corrected chi connectivity index (χ0v) is 14.6. The maximum atomic E-state index is 12.3. The van der Waals surface area contributed by atoms with Gasteiger partial charge in [0.25, 0.3) is 0 Å². The van der Waals surface area contributed by atoms with Gasteiger partial charge in [-0.25, -0.2) is 4.79 Å². The van der Waals surface area contributed by atoms with Crippen molar-refractivity contribution in [2.45, 2.75) is 96.0 Å². The zero-order valence-electron chi connectivity index (χ0n) is 13.7. The van der Waals surface area contributed by atoms with Crippen LogP contribution in [0, 0.1) is 11.3 Å². The molecular formula is C18H31CuNO2. The third-order valence-corrected chi connectivity index (χ3v) is 5.06. The van der Waals surface area contributed by atoms with Gasteiger partial charge in [0.15, 0.2) is 0 Å². The summed E-state index contributed by atoms with van der Waals surface area (Å²) in [4.78, 5) is 12.3. The van der Waals surface area contributed by atoms with Crippen molar-refractivity contribution in [3.63, 3.8) is 0 Å². The monoisotopic (exact) mass is 356 g/mol. The molecule has 0 heterocycles. The molecule has 2 rings (SSSR count). The first-order chi connectivity index (χ1) is 10.3. The molecule has 0 saturated heterocycles. The Kier molecular flexibility index (Phi) is 10.1. The van der Waals surface area contributed by atoms with Crippen LogP contribution in [0.1, 0.15) is 89.9 Å². The molecule has 2 fully saturated rings. The Morgan fingerprint density at radius 3 is 1.64 bits per heavy atom. The van der Waals surface area contributed by atoms with Gasteiger partial charge in [0.05, 0.1) is 0 Å². The molecule has 2 aliphatic carbocycles. The van der Waals surface area contributed by atoms with Crippen LogP contribution >= 0.6 is 0 Å². The average Bonchev–Trinajstić information content (AvgIpc) is 2.40. The van der Waals surface area contributed by atoms with Crippen molar-refractivity contribution in [1.29, 1.82) is 5.41 Å². The molecule has 3 nitrogen and oxygen atoms in total. The van der Waals surface area contributed by atoms with E-state index in [1.165, 1.54) is 38.5 Å². The van der Waals surface area contributed by atoms with E-state index in [9.17, 15) is 4.79 Å². The van der Waals surface area contributed by atoms with Gasteiger partial charge in [0.1, 0.15) is 11.8 Å². The summed E-state index contributed by atoms with van der Waals surface area (Å²) < 4.78 is 5.65. The second-order valence-electron chi connectivity index (χ2n) is 6.83. The molecule has 0 aromatic heterocycles. The van der Waals surface area contributed by atoms with E-state index in [1.54, 1.807) is 0 Å². The molecule has 1 radical (unpaired) electrons. The number of carbonyl (C=O) groups is 1. The first-order valence-electron chi connectivity index (χ1n) is 9.07. The molecule has 0 unspecified atom stereocenters. The molecule has 1 N–H and O–H groups in total. The van der Waals surface area contributed by atoms with Gasteiger partial charge >= 0.3 is 5.97 Å². The topological polar surface area (TPSA) is 50.2 Å². The van der Waals surface area contributed by atoms with Crippen molar-refractivity contribution in [1.82, 2.24) is 0 Å². The number of hydrogen-bond donors (Lipinski definition) is 1. The van der Waals surface area contributed by atoms with Crippen LogP contribution in [0.3, 0.4) is 0 Å². The number of carbonyl (C=O) groups excluding carboxylic acids is 1. The van der Waals surface area contributed by atoms with Gasteiger partial charge in [-0.15, -0.1) is 0 Å². The van der Waals surface area contributed by atoms with Crippen LogP contribution in [0.15, 0.2) is 0 Å².